The number of hydrogen-bond acceptors (Lipinski definition) is 4. The Bertz CT molecular complexity index is 447. The quantitative estimate of drug-likeness (QED) is 0.379. The van der Waals surface area contributed by atoms with Crippen LogP contribution in [0.3, 0.4) is 0 Å². The molecule has 5 nitrogen and oxygen atoms in total. The smallest absolute Gasteiger partial charge is 0.173 e. The van der Waals surface area contributed by atoms with Gasteiger partial charge in [-0.2, -0.15) is 0 Å². The molecule has 2 rings (SSSR count). The molecule has 3 N–H and O–H groups in total. The summed E-state index contributed by atoms with van der Waals surface area (Å²) in [6.07, 6.45) is 7.73. The molecule has 104 valence electrons. The molecule has 1 aromatic heterocycles. The highest BCUT2D eigenvalue weighted by atomic mass is 16.4. The lowest BCUT2D eigenvalue weighted by Crippen LogP contribution is -2.36. The summed E-state index contributed by atoms with van der Waals surface area (Å²) in [5.74, 6) is 0.966. The Hall–Kier alpha value is -1.78. The van der Waals surface area contributed by atoms with Crippen molar-refractivity contribution >= 4 is 11.7 Å². The Morgan fingerprint density at radius 1 is 1.53 bits per heavy atom. The highest BCUT2D eigenvalue weighted by Gasteiger charge is 2.23. The van der Waals surface area contributed by atoms with Crippen LogP contribution in [0, 0.1) is 0 Å². The molecule has 1 aliphatic rings. The largest absolute Gasteiger partial charge is 0.409 e. The molecule has 1 unspecified atom stereocenters. The van der Waals surface area contributed by atoms with Crippen LogP contribution in [0.4, 0.5) is 5.82 Å². The molecular formula is C14H22N4O. The van der Waals surface area contributed by atoms with Crippen molar-refractivity contribution in [3.05, 3.63) is 23.9 Å². The predicted octanol–water partition coefficient (Wildman–Crippen LogP) is 2.34. The molecular weight excluding hydrogens is 240 g/mol. The summed E-state index contributed by atoms with van der Waals surface area (Å²) in [6.45, 7) is 3.19. The van der Waals surface area contributed by atoms with Crippen molar-refractivity contribution in [3.63, 3.8) is 0 Å². The van der Waals surface area contributed by atoms with Crippen LogP contribution in [0.25, 0.3) is 0 Å². The van der Waals surface area contributed by atoms with Gasteiger partial charge < -0.3 is 15.8 Å². The number of anilines is 1. The molecule has 0 saturated carbocycles. The lowest BCUT2D eigenvalue weighted by atomic mass is 10.1. The molecule has 1 aromatic rings. The van der Waals surface area contributed by atoms with E-state index in [-0.39, 0.29) is 5.84 Å². The maximum atomic E-state index is 8.91. The molecule has 1 atom stereocenters. The maximum Gasteiger partial charge on any atom is 0.173 e. The standard InChI is InChI=1S/C14H22N4O/c1-2-11-7-4-3-5-10-18(11)14-12(13(15)17-19)8-6-9-16-14/h6,8-9,11,19H,2-5,7,10H2,1H3,(H2,15,17). The lowest BCUT2D eigenvalue weighted by molar-refractivity contribution is 0.318. The average molecular weight is 262 g/mol. The van der Waals surface area contributed by atoms with Gasteiger partial charge in [0.25, 0.3) is 0 Å². The Balaban J connectivity index is 2.38. The molecule has 1 fully saturated rings. The zero-order valence-electron chi connectivity index (χ0n) is 11.4. The van der Waals surface area contributed by atoms with E-state index in [1.807, 2.05) is 12.1 Å². The third kappa shape index (κ3) is 2.97. The van der Waals surface area contributed by atoms with Crippen LogP contribution in [0.2, 0.25) is 0 Å². The Labute approximate surface area is 114 Å². The van der Waals surface area contributed by atoms with E-state index in [1.54, 1.807) is 6.20 Å². The van der Waals surface area contributed by atoms with Gasteiger partial charge in [0.15, 0.2) is 5.84 Å². The van der Waals surface area contributed by atoms with Gasteiger partial charge in [0, 0.05) is 18.8 Å². The minimum atomic E-state index is 0.127. The van der Waals surface area contributed by atoms with Gasteiger partial charge in [0.2, 0.25) is 0 Å². The second-order valence-corrected chi connectivity index (χ2v) is 4.96. The number of nitrogens with zero attached hydrogens (tertiary/aromatic N) is 3. The molecule has 0 bridgehead atoms. The van der Waals surface area contributed by atoms with E-state index in [0.717, 1.165) is 18.8 Å². The third-order valence-electron chi connectivity index (χ3n) is 3.79. The van der Waals surface area contributed by atoms with Gasteiger partial charge in [-0.05, 0) is 31.4 Å². The van der Waals surface area contributed by atoms with Crippen molar-refractivity contribution in [2.75, 3.05) is 11.4 Å². The number of hydrogen-bond donors (Lipinski definition) is 2. The second-order valence-electron chi connectivity index (χ2n) is 4.96. The van der Waals surface area contributed by atoms with Gasteiger partial charge in [0.05, 0.1) is 5.56 Å². The average Bonchev–Trinajstić information content (AvgIpc) is 2.71. The molecule has 19 heavy (non-hydrogen) atoms. The zero-order valence-corrected chi connectivity index (χ0v) is 11.4. The van der Waals surface area contributed by atoms with E-state index in [1.165, 1.54) is 25.7 Å². The summed E-state index contributed by atoms with van der Waals surface area (Å²) in [5.41, 5.74) is 6.47. The Morgan fingerprint density at radius 3 is 3.11 bits per heavy atom. The van der Waals surface area contributed by atoms with E-state index in [4.69, 9.17) is 10.9 Å². The highest BCUT2D eigenvalue weighted by molar-refractivity contribution is 6.01. The molecule has 1 aliphatic heterocycles. The second kappa shape index (κ2) is 6.41. The number of nitrogens with two attached hydrogens (primary N) is 1. The van der Waals surface area contributed by atoms with Crippen molar-refractivity contribution < 1.29 is 5.21 Å². The van der Waals surface area contributed by atoms with Crippen LogP contribution in [0.15, 0.2) is 23.5 Å². The summed E-state index contributed by atoms with van der Waals surface area (Å²) in [7, 11) is 0. The summed E-state index contributed by atoms with van der Waals surface area (Å²) in [6, 6.07) is 4.16. The normalized spacial score (nSPS) is 21.2. The highest BCUT2D eigenvalue weighted by Crippen LogP contribution is 2.26. The van der Waals surface area contributed by atoms with Crippen LogP contribution >= 0.6 is 0 Å². The van der Waals surface area contributed by atoms with Gasteiger partial charge in [0.1, 0.15) is 5.82 Å². The molecule has 0 aromatic carbocycles. The van der Waals surface area contributed by atoms with Crippen molar-refractivity contribution in [1.29, 1.82) is 0 Å². The maximum absolute atomic E-state index is 8.91. The summed E-state index contributed by atoms with van der Waals surface area (Å²) in [5, 5.41) is 12.0. The van der Waals surface area contributed by atoms with E-state index in [9.17, 15) is 0 Å². The monoisotopic (exact) mass is 262 g/mol. The van der Waals surface area contributed by atoms with Crippen molar-refractivity contribution in [2.24, 2.45) is 10.9 Å². The first-order valence-electron chi connectivity index (χ1n) is 6.97. The summed E-state index contributed by atoms with van der Waals surface area (Å²) < 4.78 is 0. The van der Waals surface area contributed by atoms with E-state index >= 15 is 0 Å². The third-order valence-corrected chi connectivity index (χ3v) is 3.79. The fraction of sp³-hybridized carbons (Fsp3) is 0.571. The first-order valence-corrected chi connectivity index (χ1v) is 6.97. The SMILES string of the molecule is CCC1CCCCCN1c1ncccc1/C(N)=N/O. The van der Waals surface area contributed by atoms with Crippen LogP contribution in [0.5, 0.6) is 0 Å². The van der Waals surface area contributed by atoms with Gasteiger partial charge >= 0.3 is 0 Å². The molecule has 5 heteroatoms. The van der Waals surface area contributed by atoms with Crippen LogP contribution < -0.4 is 10.6 Å². The number of amidine groups is 1. The van der Waals surface area contributed by atoms with E-state index < -0.39 is 0 Å². The number of oxime groups is 1. The predicted molar refractivity (Wildman–Crippen MR) is 76.6 cm³/mol. The lowest BCUT2D eigenvalue weighted by Gasteiger charge is -2.31. The Morgan fingerprint density at radius 2 is 2.37 bits per heavy atom. The van der Waals surface area contributed by atoms with Crippen LogP contribution in [0.1, 0.15) is 44.6 Å². The van der Waals surface area contributed by atoms with Gasteiger partial charge in [-0.25, -0.2) is 4.98 Å². The van der Waals surface area contributed by atoms with Crippen molar-refractivity contribution in [3.8, 4) is 0 Å². The molecule has 0 amide bonds. The first-order chi connectivity index (χ1) is 9.27. The summed E-state index contributed by atoms with van der Waals surface area (Å²) >= 11 is 0. The topological polar surface area (TPSA) is 74.7 Å². The molecule has 0 aliphatic carbocycles. The number of aromatic nitrogens is 1. The van der Waals surface area contributed by atoms with Crippen LogP contribution in [-0.2, 0) is 0 Å². The molecule has 2 heterocycles. The number of rotatable bonds is 3. The summed E-state index contributed by atoms with van der Waals surface area (Å²) in [4.78, 5) is 6.79. The van der Waals surface area contributed by atoms with Crippen molar-refractivity contribution in [2.45, 2.75) is 45.1 Å². The fourth-order valence-corrected chi connectivity index (χ4v) is 2.76. The first kappa shape index (κ1) is 13.6. The number of pyridine rings is 1. The van der Waals surface area contributed by atoms with E-state index in [0.29, 0.717) is 11.6 Å². The zero-order chi connectivity index (χ0) is 13.7. The van der Waals surface area contributed by atoms with Crippen molar-refractivity contribution in [1.82, 2.24) is 4.98 Å². The molecule has 0 spiro atoms. The minimum absolute atomic E-state index is 0.127. The fourth-order valence-electron chi connectivity index (χ4n) is 2.76. The van der Waals surface area contributed by atoms with Gasteiger partial charge in [-0.1, -0.05) is 24.9 Å². The van der Waals surface area contributed by atoms with E-state index in [2.05, 4.69) is 22.0 Å². The molecule has 1 saturated heterocycles. The van der Waals surface area contributed by atoms with Crippen LogP contribution in [-0.4, -0.2) is 28.6 Å². The molecule has 0 radical (unpaired) electrons. The van der Waals surface area contributed by atoms with Gasteiger partial charge in [-0.3, -0.25) is 0 Å². The van der Waals surface area contributed by atoms with Gasteiger partial charge in [-0.15, -0.1) is 0 Å². The Kier molecular flexibility index (Phi) is 4.60. The minimum Gasteiger partial charge on any atom is -0.409 e.